The van der Waals surface area contributed by atoms with Gasteiger partial charge >= 0.3 is 0 Å². The number of hydrogen-bond acceptors (Lipinski definition) is 5. The highest BCUT2D eigenvalue weighted by molar-refractivity contribution is 8.00. The number of hydrogen-bond donors (Lipinski definition) is 1. The molecule has 0 bridgehead atoms. The van der Waals surface area contributed by atoms with Crippen molar-refractivity contribution >= 4 is 17.7 Å². The molecule has 1 saturated carbocycles. The Morgan fingerprint density at radius 3 is 2.92 bits per heavy atom. The summed E-state index contributed by atoms with van der Waals surface area (Å²) in [6.07, 6.45) is 3.95. The Morgan fingerprint density at radius 2 is 2.24 bits per heavy atom. The Bertz CT molecular complexity index is 770. The molecular weight excluding hydrogens is 336 g/mol. The van der Waals surface area contributed by atoms with Gasteiger partial charge in [-0.25, -0.2) is 0 Å². The lowest BCUT2D eigenvalue weighted by Crippen LogP contribution is -2.32. The van der Waals surface area contributed by atoms with E-state index < -0.39 is 0 Å². The minimum absolute atomic E-state index is 0.0412. The van der Waals surface area contributed by atoms with Gasteiger partial charge in [0.2, 0.25) is 5.91 Å². The maximum atomic E-state index is 12.2. The summed E-state index contributed by atoms with van der Waals surface area (Å²) in [5, 5.41) is 12.1. The number of carbonyl (C=O) groups excluding carboxylic acids is 1. The topological polar surface area (TPSA) is 69.0 Å². The number of aromatic nitrogens is 3. The maximum Gasteiger partial charge on any atom is 0.233 e. The molecule has 1 unspecified atom stereocenters. The molecule has 1 amide bonds. The van der Waals surface area contributed by atoms with E-state index in [0.717, 1.165) is 24.2 Å². The molecular formula is C18H22N4O2S. The third-order valence-corrected chi connectivity index (χ3v) is 5.03. The monoisotopic (exact) mass is 358 g/mol. The molecule has 0 radical (unpaired) electrons. The lowest BCUT2D eigenvalue weighted by Gasteiger charge is -2.13. The van der Waals surface area contributed by atoms with Gasteiger partial charge in [0.15, 0.2) is 11.0 Å². The van der Waals surface area contributed by atoms with E-state index in [9.17, 15) is 4.79 Å². The van der Waals surface area contributed by atoms with Crippen molar-refractivity contribution in [3.05, 3.63) is 36.9 Å². The molecule has 3 rings (SSSR count). The number of para-hydroxylation sites is 1. The normalized spacial score (nSPS) is 14.8. The van der Waals surface area contributed by atoms with Gasteiger partial charge in [-0.1, -0.05) is 30.0 Å². The van der Waals surface area contributed by atoms with E-state index in [-0.39, 0.29) is 11.2 Å². The van der Waals surface area contributed by atoms with Crippen molar-refractivity contribution < 1.29 is 9.53 Å². The second-order valence-corrected chi connectivity index (χ2v) is 7.26. The van der Waals surface area contributed by atoms with Gasteiger partial charge in [-0.05, 0) is 31.9 Å². The molecule has 1 N–H and O–H groups in total. The van der Waals surface area contributed by atoms with Crippen LogP contribution in [0.4, 0.5) is 0 Å². The number of benzene rings is 1. The molecule has 1 heterocycles. The SMILES string of the molecule is C=CCn1c(SC(C)C(=O)NC2CC2)nnc1-c1ccccc1OC. The number of methoxy groups -OCH3 is 1. The molecule has 1 aromatic heterocycles. The van der Waals surface area contributed by atoms with Gasteiger partial charge in [-0.15, -0.1) is 16.8 Å². The van der Waals surface area contributed by atoms with E-state index in [1.54, 1.807) is 13.2 Å². The summed E-state index contributed by atoms with van der Waals surface area (Å²) >= 11 is 1.41. The number of amides is 1. The van der Waals surface area contributed by atoms with Crippen molar-refractivity contribution in [2.24, 2.45) is 0 Å². The number of carbonyl (C=O) groups is 1. The summed E-state index contributed by atoms with van der Waals surface area (Å²) in [6.45, 7) is 6.26. The van der Waals surface area contributed by atoms with Gasteiger partial charge in [-0.3, -0.25) is 9.36 Å². The van der Waals surface area contributed by atoms with Crippen molar-refractivity contribution in [1.82, 2.24) is 20.1 Å². The number of nitrogens with one attached hydrogen (secondary N) is 1. The van der Waals surface area contributed by atoms with Gasteiger partial charge in [0.1, 0.15) is 5.75 Å². The van der Waals surface area contributed by atoms with Crippen LogP contribution < -0.4 is 10.1 Å². The second kappa shape index (κ2) is 7.74. The zero-order valence-electron chi connectivity index (χ0n) is 14.4. The average Bonchev–Trinajstić information content (AvgIpc) is 3.36. The molecule has 0 aliphatic heterocycles. The second-order valence-electron chi connectivity index (χ2n) is 5.95. The molecule has 1 fully saturated rings. The van der Waals surface area contributed by atoms with Crippen LogP contribution in [0.3, 0.4) is 0 Å². The molecule has 1 atom stereocenters. The fourth-order valence-corrected chi connectivity index (χ4v) is 3.32. The highest BCUT2D eigenvalue weighted by Crippen LogP contribution is 2.32. The van der Waals surface area contributed by atoms with Crippen molar-refractivity contribution in [3.8, 4) is 17.1 Å². The van der Waals surface area contributed by atoms with E-state index in [1.165, 1.54) is 11.8 Å². The van der Waals surface area contributed by atoms with Gasteiger partial charge in [0.25, 0.3) is 0 Å². The quantitative estimate of drug-likeness (QED) is 0.580. The largest absolute Gasteiger partial charge is 0.496 e. The van der Waals surface area contributed by atoms with Crippen molar-refractivity contribution in [3.63, 3.8) is 0 Å². The first kappa shape index (κ1) is 17.5. The molecule has 0 saturated heterocycles. The molecule has 1 aliphatic carbocycles. The first-order valence-corrected chi connectivity index (χ1v) is 9.16. The van der Waals surface area contributed by atoms with Crippen LogP contribution in [-0.2, 0) is 11.3 Å². The van der Waals surface area contributed by atoms with Gasteiger partial charge < -0.3 is 10.1 Å². The fourth-order valence-electron chi connectivity index (χ4n) is 2.46. The molecule has 25 heavy (non-hydrogen) atoms. The standard InChI is InChI=1S/C18H22N4O2S/c1-4-11-22-16(14-7-5-6-8-15(14)24-3)20-21-18(22)25-12(2)17(23)19-13-9-10-13/h4-8,12-13H,1,9-11H2,2-3H3,(H,19,23). The van der Waals surface area contributed by atoms with E-state index in [0.29, 0.717) is 23.6 Å². The smallest absolute Gasteiger partial charge is 0.233 e. The molecule has 1 aliphatic rings. The summed E-state index contributed by atoms with van der Waals surface area (Å²) in [5.74, 6) is 1.48. The van der Waals surface area contributed by atoms with Crippen molar-refractivity contribution in [2.75, 3.05) is 7.11 Å². The summed E-state index contributed by atoms with van der Waals surface area (Å²) < 4.78 is 7.39. The predicted molar refractivity (Wildman–Crippen MR) is 98.7 cm³/mol. The van der Waals surface area contributed by atoms with E-state index in [2.05, 4.69) is 22.1 Å². The lowest BCUT2D eigenvalue weighted by atomic mass is 10.2. The van der Waals surface area contributed by atoms with E-state index in [4.69, 9.17) is 4.74 Å². The van der Waals surface area contributed by atoms with Crippen LogP contribution in [0.2, 0.25) is 0 Å². The number of nitrogens with zero attached hydrogens (tertiary/aromatic N) is 3. The predicted octanol–water partition coefficient (Wildman–Crippen LogP) is 2.90. The van der Waals surface area contributed by atoms with Crippen LogP contribution in [0.1, 0.15) is 19.8 Å². The fraction of sp³-hybridized carbons (Fsp3) is 0.389. The first-order chi connectivity index (χ1) is 12.1. The van der Waals surface area contributed by atoms with Crippen molar-refractivity contribution in [2.45, 2.75) is 42.8 Å². The zero-order chi connectivity index (χ0) is 17.8. The molecule has 132 valence electrons. The van der Waals surface area contributed by atoms with Gasteiger partial charge in [0, 0.05) is 12.6 Å². The molecule has 6 nitrogen and oxygen atoms in total. The lowest BCUT2D eigenvalue weighted by molar-refractivity contribution is -0.120. The van der Waals surface area contributed by atoms with Crippen LogP contribution in [0.25, 0.3) is 11.4 Å². The number of thioether (sulfide) groups is 1. The summed E-state index contributed by atoms with van der Waals surface area (Å²) in [4.78, 5) is 12.2. The van der Waals surface area contributed by atoms with Crippen LogP contribution in [0, 0.1) is 0 Å². The molecule has 1 aromatic carbocycles. The average molecular weight is 358 g/mol. The molecule has 0 spiro atoms. The Hall–Kier alpha value is -2.28. The third-order valence-electron chi connectivity index (χ3n) is 3.95. The van der Waals surface area contributed by atoms with E-state index in [1.807, 2.05) is 35.8 Å². The number of allylic oxidation sites excluding steroid dienone is 1. The van der Waals surface area contributed by atoms with Crippen LogP contribution in [-0.4, -0.2) is 39.1 Å². The Kier molecular flexibility index (Phi) is 5.43. The Balaban J connectivity index is 1.86. The minimum Gasteiger partial charge on any atom is -0.496 e. The highest BCUT2D eigenvalue weighted by Gasteiger charge is 2.27. The Labute approximate surface area is 151 Å². The third kappa shape index (κ3) is 4.04. The number of rotatable bonds is 8. The van der Waals surface area contributed by atoms with E-state index >= 15 is 0 Å². The molecule has 7 heteroatoms. The van der Waals surface area contributed by atoms with Gasteiger partial charge in [-0.2, -0.15) is 0 Å². The Morgan fingerprint density at radius 1 is 1.48 bits per heavy atom. The zero-order valence-corrected chi connectivity index (χ0v) is 15.3. The summed E-state index contributed by atoms with van der Waals surface area (Å²) in [6, 6.07) is 8.03. The van der Waals surface area contributed by atoms with Crippen LogP contribution in [0.15, 0.2) is 42.1 Å². The molecule has 2 aromatic rings. The first-order valence-electron chi connectivity index (χ1n) is 8.28. The summed E-state index contributed by atoms with van der Waals surface area (Å²) in [7, 11) is 1.63. The minimum atomic E-state index is -0.237. The van der Waals surface area contributed by atoms with Crippen LogP contribution in [0.5, 0.6) is 5.75 Å². The highest BCUT2D eigenvalue weighted by atomic mass is 32.2. The summed E-state index contributed by atoms with van der Waals surface area (Å²) in [5.41, 5.74) is 0.862. The van der Waals surface area contributed by atoms with Crippen LogP contribution >= 0.6 is 11.8 Å². The van der Waals surface area contributed by atoms with Gasteiger partial charge in [0.05, 0.1) is 17.9 Å². The maximum absolute atomic E-state index is 12.2. The van der Waals surface area contributed by atoms with Crippen molar-refractivity contribution in [1.29, 1.82) is 0 Å². The number of ether oxygens (including phenoxy) is 1.